The molecule has 0 amide bonds. The van der Waals surface area contributed by atoms with E-state index in [0.717, 1.165) is 12.1 Å². The molecular formula is C16H22N2. The minimum absolute atomic E-state index is 0.425. The molecule has 0 aliphatic carbocycles. The predicted molar refractivity (Wildman–Crippen MR) is 76.1 cm³/mol. The Bertz CT molecular complexity index is 442. The molecule has 2 rings (SSSR count). The highest BCUT2D eigenvalue weighted by Crippen LogP contribution is 2.20. The SMILES string of the molecule is CC1CCCCN1Cc1ccccc1C#CCN. The zero-order valence-corrected chi connectivity index (χ0v) is 11.2. The van der Waals surface area contributed by atoms with Crippen LogP contribution in [0, 0.1) is 11.8 Å². The Morgan fingerprint density at radius 3 is 2.94 bits per heavy atom. The van der Waals surface area contributed by atoms with Crippen LogP contribution in [-0.2, 0) is 6.54 Å². The molecule has 1 unspecified atom stereocenters. The fourth-order valence-corrected chi connectivity index (χ4v) is 2.54. The topological polar surface area (TPSA) is 29.3 Å². The lowest BCUT2D eigenvalue weighted by Gasteiger charge is -2.33. The summed E-state index contributed by atoms with van der Waals surface area (Å²) in [7, 11) is 0. The Hall–Kier alpha value is -1.30. The van der Waals surface area contributed by atoms with Crippen molar-refractivity contribution in [1.29, 1.82) is 0 Å². The van der Waals surface area contributed by atoms with Crippen molar-refractivity contribution in [1.82, 2.24) is 4.90 Å². The van der Waals surface area contributed by atoms with Gasteiger partial charge in [0, 0.05) is 18.2 Å². The lowest BCUT2D eigenvalue weighted by atomic mass is 10.0. The van der Waals surface area contributed by atoms with Gasteiger partial charge in [-0.3, -0.25) is 4.90 Å². The standard InChI is InChI=1S/C16H22N2/c1-14-7-4-5-12-18(14)13-16-9-3-2-8-15(16)10-6-11-17/h2-3,8-9,14H,4-5,7,11-13,17H2,1H3. The number of hydrogen-bond acceptors (Lipinski definition) is 2. The van der Waals surface area contributed by atoms with Crippen molar-refractivity contribution >= 4 is 0 Å². The van der Waals surface area contributed by atoms with Gasteiger partial charge in [0.25, 0.3) is 0 Å². The molecule has 1 aliphatic heterocycles. The summed E-state index contributed by atoms with van der Waals surface area (Å²) in [5.74, 6) is 6.13. The maximum atomic E-state index is 5.45. The zero-order chi connectivity index (χ0) is 12.8. The molecule has 96 valence electrons. The summed E-state index contributed by atoms with van der Waals surface area (Å²) in [6, 6.07) is 9.10. The average molecular weight is 242 g/mol. The minimum Gasteiger partial charge on any atom is -0.320 e. The maximum absolute atomic E-state index is 5.45. The number of rotatable bonds is 2. The molecule has 0 radical (unpaired) electrons. The third-order valence-electron chi connectivity index (χ3n) is 3.66. The van der Waals surface area contributed by atoms with Crippen molar-refractivity contribution in [2.45, 2.75) is 38.8 Å². The third-order valence-corrected chi connectivity index (χ3v) is 3.66. The van der Waals surface area contributed by atoms with Crippen molar-refractivity contribution in [3.05, 3.63) is 35.4 Å². The summed E-state index contributed by atoms with van der Waals surface area (Å²) >= 11 is 0. The lowest BCUT2D eigenvalue weighted by molar-refractivity contribution is 0.152. The fourth-order valence-electron chi connectivity index (χ4n) is 2.54. The van der Waals surface area contributed by atoms with Gasteiger partial charge in [-0.15, -0.1) is 0 Å². The molecule has 1 atom stereocenters. The second-order valence-electron chi connectivity index (χ2n) is 4.98. The van der Waals surface area contributed by atoms with Crippen LogP contribution in [0.15, 0.2) is 24.3 Å². The Labute approximate surface area is 110 Å². The molecule has 18 heavy (non-hydrogen) atoms. The van der Waals surface area contributed by atoms with Gasteiger partial charge >= 0.3 is 0 Å². The second kappa shape index (κ2) is 6.58. The van der Waals surface area contributed by atoms with Gasteiger partial charge in [0.1, 0.15) is 0 Å². The molecule has 1 aromatic carbocycles. The van der Waals surface area contributed by atoms with Crippen LogP contribution in [0.2, 0.25) is 0 Å². The molecule has 1 aliphatic rings. The van der Waals surface area contributed by atoms with E-state index < -0.39 is 0 Å². The van der Waals surface area contributed by atoms with Crippen LogP contribution >= 0.6 is 0 Å². The number of piperidine rings is 1. The molecule has 0 spiro atoms. The third kappa shape index (κ3) is 3.35. The molecule has 2 heteroatoms. The smallest absolute Gasteiger partial charge is 0.0555 e. The molecule has 2 nitrogen and oxygen atoms in total. The van der Waals surface area contributed by atoms with Crippen molar-refractivity contribution in [3.8, 4) is 11.8 Å². The summed E-state index contributed by atoms with van der Waals surface area (Å²) in [5.41, 5.74) is 7.90. The van der Waals surface area contributed by atoms with Gasteiger partial charge in [0.05, 0.1) is 6.54 Å². The molecule has 1 fully saturated rings. The first-order valence-corrected chi connectivity index (χ1v) is 6.82. The van der Waals surface area contributed by atoms with E-state index >= 15 is 0 Å². The van der Waals surface area contributed by atoms with Gasteiger partial charge in [-0.05, 0) is 37.9 Å². The van der Waals surface area contributed by atoms with Crippen LogP contribution in [0.25, 0.3) is 0 Å². The van der Waals surface area contributed by atoms with Crippen LogP contribution in [0.1, 0.15) is 37.3 Å². The molecular weight excluding hydrogens is 220 g/mol. The Morgan fingerprint density at radius 2 is 2.17 bits per heavy atom. The van der Waals surface area contributed by atoms with Crippen molar-refractivity contribution in [2.24, 2.45) is 5.73 Å². The number of likely N-dealkylation sites (tertiary alicyclic amines) is 1. The number of benzene rings is 1. The first-order chi connectivity index (χ1) is 8.81. The second-order valence-corrected chi connectivity index (χ2v) is 4.98. The number of nitrogens with zero attached hydrogens (tertiary/aromatic N) is 1. The molecule has 1 aromatic rings. The van der Waals surface area contributed by atoms with Crippen molar-refractivity contribution in [2.75, 3.05) is 13.1 Å². The van der Waals surface area contributed by atoms with Crippen LogP contribution in [0.5, 0.6) is 0 Å². The normalized spacial score (nSPS) is 20.2. The number of hydrogen-bond donors (Lipinski definition) is 1. The first-order valence-electron chi connectivity index (χ1n) is 6.82. The largest absolute Gasteiger partial charge is 0.320 e. The van der Waals surface area contributed by atoms with Crippen molar-refractivity contribution in [3.63, 3.8) is 0 Å². The van der Waals surface area contributed by atoms with E-state index in [4.69, 9.17) is 5.73 Å². The zero-order valence-electron chi connectivity index (χ0n) is 11.2. The summed E-state index contributed by atoms with van der Waals surface area (Å²) in [4.78, 5) is 2.56. The molecule has 1 saturated heterocycles. The van der Waals surface area contributed by atoms with E-state index in [2.05, 4.69) is 41.9 Å². The summed E-state index contributed by atoms with van der Waals surface area (Å²) in [6.45, 7) is 4.97. The van der Waals surface area contributed by atoms with E-state index in [1.54, 1.807) is 0 Å². The lowest BCUT2D eigenvalue weighted by Crippen LogP contribution is -2.36. The summed E-state index contributed by atoms with van der Waals surface area (Å²) < 4.78 is 0. The van der Waals surface area contributed by atoms with Gasteiger partial charge in [-0.25, -0.2) is 0 Å². The summed E-state index contributed by atoms with van der Waals surface area (Å²) in [6.07, 6.45) is 4.00. The molecule has 1 heterocycles. The molecule has 0 bridgehead atoms. The Morgan fingerprint density at radius 1 is 1.33 bits per heavy atom. The van der Waals surface area contributed by atoms with E-state index in [1.807, 2.05) is 6.07 Å². The Balaban J connectivity index is 2.12. The van der Waals surface area contributed by atoms with Gasteiger partial charge in [0.2, 0.25) is 0 Å². The number of nitrogens with two attached hydrogens (primary N) is 1. The molecule has 2 N–H and O–H groups in total. The minimum atomic E-state index is 0.425. The highest BCUT2D eigenvalue weighted by atomic mass is 15.2. The highest BCUT2D eigenvalue weighted by Gasteiger charge is 2.18. The van der Waals surface area contributed by atoms with E-state index in [-0.39, 0.29) is 0 Å². The van der Waals surface area contributed by atoms with E-state index in [9.17, 15) is 0 Å². The van der Waals surface area contributed by atoms with Gasteiger partial charge < -0.3 is 5.73 Å². The highest BCUT2D eigenvalue weighted by molar-refractivity contribution is 5.41. The Kier molecular flexibility index (Phi) is 4.81. The maximum Gasteiger partial charge on any atom is 0.0555 e. The van der Waals surface area contributed by atoms with Gasteiger partial charge in [0.15, 0.2) is 0 Å². The summed E-state index contributed by atoms with van der Waals surface area (Å²) in [5, 5.41) is 0. The van der Waals surface area contributed by atoms with Crippen molar-refractivity contribution < 1.29 is 0 Å². The van der Waals surface area contributed by atoms with E-state index in [1.165, 1.54) is 31.4 Å². The van der Waals surface area contributed by atoms with Gasteiger partial charge in [-0.2, -0.15) is 0 Å². The monoisotopic (exact) mass is 242 g/mol. The van der Waals surface area contributed by atoms with Crippen LogP contribution in [0.4, 0.5) is 0 Å². The van der Waals surface area contributed by atoms with Crippen LogP contribution in [0.3, 0.4) is 0 Å². The van der Waals surface area contributed by atoms with Crippen LogP contribution < -0.4 is 5.73 Å². The average Bonchev–Trinajstić information content (AvgIpc) is 2.40. The van der Waals surface area contributed by atoms with Gasteiger partial charge in [-0.1, -0.05) is 36.5 Å². The molecule has 0 aromatic heterocycles. The predicted octanol–water partition coefficient (Wildman–Crippen LogP) is 2.37. The first kappa shape index (κ1) is 13.1. The molecule has 0 saturated carbocycles. The van der Waals surface area contributed by atoms with E-state index in [0.29, 0.717) is 12.6 Å². The fraction of sp³-hybridized carbons (Fsp3) is 0.500. The van der Waals surface area contributed by atoms with Crippen LogP contribution in [-0.4, -0.2) is 24.0 Å². The quantitative estimate of drug-likeness (QED) is 0.807.